The Balaban J connectivity index is 1.36. The van der Waals surface area contributed by atoms with Crippen LogP contribution in [-0.2, 0) is 9.47 Å². The van der Waals surface area contributed by atoms with Gasteiger partial charge in [-0.1, -0.05) is 12.1 Å². The van der Waals surface area contributed by atoms with Gasteiger partial charge < -0.3 is 24.6 Å². The Morgan fingerprint density at radius 1 is 1.25 bits per heavy atom. The molecule has 0 spiro atoms. The molecular weight excluding hydrogens is 352 g/mol. The second kappa shape index (κ2) is 10.7. The van der Waals surface area contributed by atoms with Crippen molar-refractivity contribution in [2.75, 3.05) is 71.1 Å². The van der Waals surface area contributed by atoms with Crippen molar-refractivity contribution < 1.29 is 9.47 Å². The highest BCUT2D eigenvalue weighted by Crippen LogP contribution is 2.23. The van der Waals surface area contributed by atoms with Crippen LogP contribution in [-0.4, -0.2) is 77.1 Å². The van der Waals surface area contributed by atoms with Crippen LogP contribution in [0.25, 0.3) is 0 Å². The number of rotatable bonds is 7. The van der Waals surface area contributed by atoms with Crippen molar-refractivity contribution in [3.8, 4) is 0 Å². The minimum Gasteiger partial charge on any atom is -0.381 e. The summed E-state index contributed by atoms with van der Waals surface area (Å²) in [6.45, 7) is 12.7. The number of ether oxygens (including phenoxy) is 2. The summed E-state index contributed by atoms with van der Waals surface area (Å²) >= 11 is 0. The molecule has 0 radical (unpaired) electrons. The molecule has 1 aromatic carbocycles. The minimum absolute atomic E-state index is 0.592. The van der Waals surface area contributed by atoms with Gasteiger partial charge in [-0.05, 0) is 43.9 Å². The monoisotopic (exact) mass is 388 g/mol. The van der Waals surface area contributed by atoms with Gasteiger partial charge in [-0.15, -0.1) is 0 Å². The van der Waals surface area contributed by atoms with Gasteiger partial charge >= 0.3 is 0 Å². The van der Waals surface area contributed by atoms with E-state index in [0.29, 0.717) is 5.92 Å². The summed E-state index contributed by atoms with van der Waals surface area (Å²) < 4.78 is 11.2. The number of benzene rings is 1. The van der Waals surface area contributed by atoms with E-state index in [9.17, 15) is 0 Å². The number of nitrogens with zero attached hydrogens (tertiary/aromatic N) is 3. The lowest BCUT2D eigenvalue weighted by Gasteiger charge is -2.38. The summed E-state index contributed by atoms with van der Waals surface area (Å²) in [7, 11) is 1.87. The second-order valence-electron chi connectivity index (χ2n) is 7.83. The molecule has 0 bridgehead atoms. The molecule has 1 atom stereocenters. The van der Waals surface area contributed by atoms with E-state index >= 15 is 0 Å². The molecule has 0 aliphatic carbocycles. The maximum atomic E-state index is 5.78. The summed E-state index contributed by atoms with van der Waals surface area (Å²) in [6, 6.07) is 6.58. The Labute approximate surface area is 169 Å². The van der Waals surface area contributed by atoms with Crippen molar-refractivity contribution in [2.24, 2.45) is 10.9 Å². The molecule has 2 fully saturated rings. The smallest absolute Gasteiger partial charge is 0.193 e. The van der Waals surface area contributed by atoms with Gasteiger partial charge in [-0.25, -0.2) is 0 Å². The number of aliphatic imine (C=N–C) groups is 1. The molecule has 2 aliphatic rings. The quantitative estimate of drug-likeness (QED) is 0.442. The molecule has 2 aliphatic heterocycles. The summed E-state index contributed by atoms with van der Waals surface area (Å²) in [5.74, 6) is 1.60. The molecule has 2 saturated heterocycles. The predicted molar refractivity (Wildman–Crippen MR) is 115 cm³/mol. The van der Waals surface area contributed by atoms with Crippen molar-refractivity contribution in [1.29, 1.82) is 0 Å². The van der Waals surface area contributed by atoms with E-state index in [1.165, 1.54) is 16.8 Å². The summed E-state index contributed by atoms with van der Waals surface area (Å²) in [6.07, 6.45) is 2.13. The Morgan fingerprint density at radius 3 is 2.79 bits per heavy atom. The van der Waals surface area contributed by atoms with Crippen LogP contribution in [0, 0.1) is 19.8 Å². The highest BCUT2D eigenvalue weighted by molar-refractivity contribution is 5.80. The van der Waals surface area contributed by atoms with Crippen molar-refractivity contribution in [3.05, 3.63) is 29.3 Å². The van der Waals surface area contributed by atoms with E-state index in [0.717, 1.165) is 78.0 Å². The van der Waals surface area contributed by atoms with E-state index in [1.54, 1.807) is 0 Å². The molecule has 156 valence electrons. The molecule has 28 heavy (non-hydrogen) atoms. The first-order valence-electron chi connectivity index (χ1n) is 10.6. The third kappa shape index (κ3) is 5.61. The van der Waals surface area contributed by atoms with Crippen molar-refractivity contribution in [2.45, 2.75) is 26.7 Å². The fraction of sp³-hybridized carbons (Fsp3) is 0.682. The molecule has 1 aromatic rings. The Bertz CT molecular complexity index is 635. The number of anilines is 1. The first-order chi connectivity index (χ1) is 13.7. The van der Waals surface area contributed by atoms with Crippen LogP contribution in [0.4, 0.5) is 5.69 Å². The van der Waals surface area contributed by atoms with Gasteiger partial charge in [0.25, 0.3) is 0 Å². The third-order valence-corrected chi connectivity index (χ3v) is 5.83. The standard InChI is InChI=1S/C22H36N4O2/c1-18-6-4-7-21(19(18)2)25-10-12-26(13-11-25)22(23-3)24-9-5-14-27-16-20-8-15-28-17-20/h4,6-7,20H,5,8-17H2,1-3H3,(H,23,24). The summed E-state index contributed by atoms with van der Waals surface area (Å²) in [4.78, 5) is 9.33. The largest absolute Gasteiger partial charge is 0.381 e. The van der Waals surface area contributed by atoms with Crippen molar-refractivity contribution in [1.82, 2.24) is 10.2 Å². The van der Waals surface area contributed by atoms with Crippen LogP contribution >= 0.6 is 0 Å². The van der Waals surface area contributed by atoms with Gasteiger partial charge in [0.05, 0.1) is 13.2 Å². The van der Waals surface area contributed by atoms with Gasteiger partial charge in [0.2, 0.25) is 0 Å². The lowest BCUT2D eigenvalue weighted by molar-refractivity contribution is 0.0887. The molecule has 0 amide bonds. The van der Waals surface area contributed by atoms with E-state index in [2.05, 4.69) is 52.2 Å². The SMILES string of the molecule is CN=C(NCCCOCC1CCOC1)N1CCN(c2cccc(C)c2C)CC1. The average molecular weight is 389 g/mol. The molecule has 3 rings (SSSR count). The van der Waals surface area contributed by atoms with Gasteiger partial charge in [0.15, 0.2) is 5.96 Å². The third-order valence-electron chi connectivity index (χ3n) is 5.83. The van der Waals surface area contributed by atoms with Crippen LogP contribution in [0.15, 0.2) is 23.2 Å². The molecule has 0 saturated carbocycles. The molecule has 2 heterocycles. The number of aryl methyl sites for hydroxylation is 1. The normalized spacial score (nSPS) is 20.7. The van der Waals surface area contributed by atoms with E-state index in [1.807, 2.05) is 7.05 Å². The number of guanidine groups is 1. The zero-order valence-corrected chi connectivity index (χ0v) is 17.7. The van der Waals surface area contributed by atoms with E-state index < -0.39 is 0 Å². The maximum Gasteiger partial charge on any atom is 0.193 e. The van der Waals surface area contributed by atoms with Crippen molar-refractivity contribution in [3.63, 3.8) is 0 Å². The lowest BCUT2D eigenvalue weighted by atomic mass is 10.1. The first kappa shape index (κ1) is 20.9. The average Bonchev–Trinajstić information content (AvgIpc) is 3.23. The fourth-order valence-electron chi connectivity index (χ4n) is 3.91. The Morgan fingerprint density at radius 2 is 2.07 bits per heavy atom. The van der Waals surface area contributed by atoms with E-state index in [-0.39, 0.29) is 0 Å². The molecule has 1 unspecified atom stereocenters. The second-order valence-corrected chi connectivity index (χ2v) is 7.83. The van der Waals surface area contributed by atoms with E-state index in [4.69, 9.17) is 9.47 Å². The minimum atomic E-state index is 0.592. The number of hydrogen-bond donors (Lipinski definition) is 1. The van der Waals surface area contributed by atoms with Gasteiger partial charge in [0, 0.05) is 64.6 Å². The predicted octanol–water partition coefficient (Wildman–Crippen LogP) is 2.44. The van der Waals surface area contributed by atoms with Crippen LogP contribution in [0.2, 0.25) is 0 Å². The Kier molecular flexibility index (Phi) is 7.98. The lowest BCUT2D eigenvalue weighted by Crippen LogP contribution is -2.52. The molecule has 6 heteroatoms. The Hall–Kier alpha value is -1.79. The number of nitrogens with one attached hydrogen (secondary N) is 1. The summed E-state index contributed by atoms with van der Waals surface area (Å²) in [5.41, 5.74) is 4.12. The van der Waals surface area contributed by atoms with Crippen molar-refractivity contribution >= 4 is 11.6 Å². The van der Waals surface area contributed by atoms with Crippen LogP contribution in [0.3, 0.4) is 0 Å². The van der Waals surface area contributed by atoms with Gasteiger partial charge in [-0.2, -0.15) is 0 Å². The van der Waals surface area contributed by atoms with Gasteiger partial charge in [0.1, 0.15) is 0 Å². The molecular formula is C22H36N4O2. The molecule has 1 N–H and O–H groups in total. The zero-order chi connectivity index (χ0) is 19.8. The first-order valence-corrected chi connectivity index (χ1v) is 10.6. The summed E-state index contributed by atoms with van der Waals surface area (Å²) in [5, 5.41) is 3.50. The molecule has 0 aromatic heterocycles. The van der Waals surface area contributed by atoms with Gasteiger partial charge in [-0.3, -0.25) is 4.99 Å². The zero-order valence-electron chi connectivity index (χ0n) is 17.7. The fourth-order valence-corrected chi connectivity index (χ4v) is 3.91. The highest BCUT2D eigenvalue weighted by atomic mass is 16.5. The number of hydrogen-bond acceptors (Lipinski definition) is 4. The van der Waals surface area contributed by atoms with Crippen LogP contribution in [0.5, 0.6) is 0 Å². The topological polar surface area (TPSA) is 49.3 Å². The molecule has 6 nitrogen and oxygen atoms in total. The highest BCUT2D eigenvalue weighted by Gasteiger charge is 2.21. The maximum absolute atomic E-state index is 5.78. The number of piperazine rings is 1. The van der Waals surface area contributed by atoms with Crippen LogP contribution in [0.1, 0.15) is 24.0 Å². The van der Waals surface area contributed by atoms with Crippen LogP contribution < -0.4 is 10.2 Å².